The number of ketones is 1. The van der Waals surface area contributed by atoms with Crippen LogP contribution in [-0.2, 0) is 4.79 Å². The van der Waals surface area contributed by atoms with Crippen LogP contribution in [0.4, 0.5) is 0 Å². The third-order valence-corrected chi connectivity index (χ3v) is 7.47. The number of aliphatic hydroxyl groups excluding tert-OH is 3. The van der Waals surface area contributed by atoms with Crippen molar-refractivity contribution in [3.05, 3.63) is 11.6 Å². The number of hydrogen-bond donors (Lipinski definition) is 4. The smallest absolute Gasteiger partial charge is 0.169 e. The zero-order chi connectivity index (χ0) is 18.8. The normalized spacial score (nSPS) is 50.2. The molecule has 2 fully saturated rings. The predicted molar refractivity (Wildman–Crippen MR) is 93.7 cm³/mol. The Bertz CT molecular complexity index is 593. The molecule has 1 spiro atoms. The first-order valence-corrected chi connectivity index (χ1v) is 9.41. The third-order valence-electron chi connectivity index (χ3n) is 7.47. The van der Waals surface area contributed by atoms with Gasteiger partial charge in [0.05, 0.1) is 23.2 Å². The zero-order valence-corrected chi connectivity index (χ0v) is 15.7. The summed E-state index contributed by atoms with van der Waals surface area (Å²) in [5.74, 6) is -0.606. The Balaban J connectivity index is 2.09. The maximum Gasteiger partial charge on any atom is 0.169 e. The van der Waals surface area contributed by atoms with E-state index in [2.05, 4.69) is 0 Å². The van der Waals surface area contributed by atoms with Gasteiger partial charge >= 0.3 is 0 Å². The van der Waals surface area contributed by atoms with Crippen molar-refractivity contribution in [2.75, 3.05) is 0 Å². The molecule has 4 N–H and O–H groups in total. The Morgan fingerprint density at radius 1 is 1.12 bits per heavy atom. The number of carbonyl (C=O) groups excluding carboxylic acids is 1. The highest BCUT2D eigenvalue weighted by atomic mass is 16.3. The Kier molecular flexibility index (Phi) is 4.47. The van der Waals surface area contributed by atoms with Gasteiger partial charge < -0.3 is 20.4 Å². The van der Waals surface area contributed by atoms with E-state index >= 15 is 0 Å². The van der Waals surface area contributed by atoms with Gasteiger partial charge in [-0.05, 0) is 51.9 Å². The fourth-order valence-corrected chi connectivity index (χ4v) is 5.87. The van der Waals surface area contributed by atoms with Crippen LogP contribution < -0.4 is 0 Å². The highest BCUT2D eigenvalue weighted by molar-refractivity contribution is 5.88. The second-order valence-corrected chi connectivity index (χ2v) is 9.45. The summed E-state index contributed by atoms with van der Waals surface area (Å²) in [6.07, 6.45) is 1.54. The highest BCUT2D eigenvalue weighted by Gasteiger charge is 2.64. The van der Waals surface area contributed by atoms with Crippen LogP contribution in [0.25, 0.3) is 0 Å². The maximum absolute atomic E-state index is 12.8. The second-order valence-electron chi connectivity index (χ2n) is 9.45. The number of Topliss-reactive ketones (excluding diaryl/α,β-unsaturated/α-hetero) is 1. The highest BCUT2D eigenvalue weighted by Crippen LogP contribution is 2.62. The van der Waals surface area contributed by atoms with Crippen LogP contribution in [0.1, 0.15) is 59.8 Å². The number of hydrogen-bond acceptors (Lipinski definition) is 5. The third kappa shape index (κ3) is 2.71. The summed E-state index contributed by atoms with van der Waals surface area (Å²) in [5, 5.41) is 43.1. The van der Waals surface area contributed by atoms with Crippen molar-refractivity contribution >= 4 is 5.78 Å². The average Bonchev–Trinajstić information content (AvgIpc) is 2.63. The molecule has 3 aliphatic rings. The summed E-state index contributed by atoms with van der Waals surface area (Å²) in [7, 11) is 0. The first-order chi connectivity index (χ1) is 11.4. The molecule has 3 aliphatic carbocycles. The van der Waals surface area contributed by atoms with Crippen molar-refractivity contribution in [2.45, 2.75) is 83.7 Å². The summed E-state index contributed by atoms with van der Waals surface area (Å²) in [6, 6.07) is 0. The molecule has 5 nitrogen and oxygen atoms in total. The van der Waals surface area contributed by atoms with E-state index in [0.29, 0.717) is 12.8 Å². The molecule has 0 saturated heterocycles. The van der Waals surface area contributed by atoms with Crippen LogP contribution >= 0.6 is 0 Å². The molecule has 5 heteroatoms. The fraction of sp³-hybridized carbons (Fsp3) is 0.850. The fourth-order valence-electron chi connectivity index (χ4n) is 5.87. The topological polar surface area (TPSA) is 98.0 Å². The van der Waals surface area contributed by atoms with Crippen molar-refractivity contribution in [1.29, 1.82) is 0 Å². The number of fused-ring (bicyclic) bond motifs is 1. The molecule has 2 bridgehead atoms. The van der Waals surface area contributed by atoms with Crippen LogP contribution in [0.5, 0.6) is 0 Å². The quantitative estimate of drug-likeness (QED) is 0.496. The first-order valence-electron chi connectivity index (χ1n) is 9.41. The molecule has 0 aliphatic heterocycles. The monoisotopic (exact) mass is 352 g/mol. The van der Waals surface area contributed by atoms with Crippen LogP contribution in [0.2, 0.25) is 0 Å². The molecule has 0 aromatic heterocycles. The summed E-state index contributed by atoms with van der Waals surface area (Å²) in [5.41, 5.74) is -1.66. The van der Waals surface area contributed by atoms with Gasteiger partial charge in [-0.2, -0.15) is 0 Å². The van der Waals surface area contributed by atoms with Crippen molar-refractivity contribution in [3.63, 3.8) is 0 Å². The van der Waals surface area contributed by atoms with Crippen molar-refractivity contribution in [3.8, 4) is 0 Å². The second kappa shape index (κ2) is 5.88. The molecule has 25 heavy (non-hydrogen) atoms. The van der Waals surface area contributed by atoms with Gasteiger partial charge in [0.2, 0.25) is 0 Å². The number of aliphatic hydroxyl groups is 4. The van der Waals surface area contributed by atoms with E-state index in [1.807, 2.05) is 13.0 Å². The first kappa shape index (κ1) is 19.0. The van der Waals surface area contributed by atoms with Gasteiger partial charge in [-0.15, -0.1) is 0 Å². The molecule has 3 rings (SSSR count). The van der Waals surface area contributed by atoms with Gasteiger partial charge in [-0.25, -0.2) is 0 Å². The van der Waals surface area contributed by atoms with E-state index in [1.165, 1.54) is 0 Å². The number of carbonyl (C=O) groups is 1. The summed E-state index contributed by atoms with van der Waals surface area (Å²) >= 11 is 0. The molecule has 0 aromatic carbocycles. The maximum atomic E-state index is 12.8. The Morgan fingerprint density at radius 3 is 2.40 bits per heavy atom. The Labute approximate surface area is 149 Å². The summed E-state index contributed by atoms with van der Waals surface area (Å²) < 4.78 is 0. The number of allylic oxidation sites excluding steroid dienone is 1. The van der Waals surface area contributed by atoms with E-state index in [1.54, 1.807) is 20.8 Å². The van der Waals surface area contributed by atoms with Gasteiger partial charge in [0, 0.05) is 11.3 Å². The van der Waals surface area contributed by atoms with Gasteiger partial charge in [-0.1, -0.05) is 25.5 Å². The van der Waals surface area contributed by atoms with Gasteiger partial charge in [0.15, 0.2) is 5.78 Å². The largest absolute Gasteiger partial charge is 0.392 e. The SMILES string of the molecule is CC1=CC[C@H](O)C(C)(C)C(=O)[C@H](O)C[C@]23C[C@@](C)(O)[C@H](CC[C@@H]12)[C@H]3O. The molecule has 0 amide bonds. The lowest BCUT2D eigenvalue weighted by atomic mass is 9.59. The van der Waals surface area contributed by atoms with Crippen LogP contribution in [0.15, 0.2) is 11.6 Å². The van der Waals surface area contributed by atoms with Crippen molar-refractivity contribution in [2.24, 2.45) is 22.7 Å². The molecule has 142 valence electrons. The van der Waals surface area contributed by atoms with E-state index in [0.717, 1.165) is 18.4 Å². The molecule has 0 radical (unpaired) electrons. The van der Waals surface area contributed by atoms with Crippen molar-refractivity contribution in [1.82, 2.24) is 0 Å². The van der Waals surface area contributed by atoms with Crippen LogP contribution in [0.3, 0.4) is 0 Å². The van der Waals surface area contributed by atoms with Crippen molar-refractivity contribution < 1.29 is 25.2 Å². The molecule has 7 atom stereocenters. The molecule has 0 heterocycles. The van der Waals surface area contributed by atoms with E-state index in [-0.39, 0.29) is 24.0 Å². The Morgan fingerprint density at radius 2 is 1.76 bits per heavy atom. The zero-order valence-electron chi connectivity index (χ0n) is 15.7. The van der Waals surface area contributed by atoms with Gasteiger partial charge in [-0.3, -0.25) is 4.79 Å². The molecule has 0 unspecified atom stereocenters. The van der Waals surface area contributed by atoms with Crippen LogP contribution in [-0.4, -0.2) is 50.1 Å². The molecular formula is C20H32O5. The van der Waals surface area contributed by atoms with Crippen LogP contribution in [0, 0.1) is 22.7 Å². The minimum absolute atomic E-state index is 0.00332. The van der Waals surface area contributed by atoms with Gasteiger partial charge in [0.1, 0.15) is 6.10 Å². The summed E-state index contributed by atoms with van der Waals surface area (Å²) in [6.45, 7) is 7.09. The molecule has 0 aromatic rings. The lowest BCUT2D eigenvalue weighted by Crippen LogP contribution is -2.51. The van der Waals surface area contributed by atoms with E-state index < -0.39 is 34.7 Å². The average molecular weight is 352 g/mol. The molecule has 2 saturated carbocycles. The lowest BCUT2D eigenvalue weighted by Gasteiger charge is -2.47. The Hall–Kier alpha value is -0.750. The summed E-state index contributed by atoms with van der Waals surface area (Å²) in [4.78, 5) is 12.8. The lowest BCUT2D eigenvalue weighted by molar-refractivity contribution is -0.147. The minimum Gasteiger partial charge on any atom is -0.392 e. The minimum atomic E-state index is -1.25. The van der Waals surface area contributed by atoms with Gasteiger partial charge in [0.25, 0.3) is 0 Å². The number of rotatable bonds is 0. The predicted octanol–water partition coefficient (Wildman–Crippen LogP) is 1.57. The molecular weight excluding hydrogens is 320 g/mol. The van der Waals surface area contributed by atoms with E-state index in [9.17, 15) is 25.2 Å². The van der Waals surface area contributed by atoms with E-state index in [4.69, 9.17) is 0 Å². The standard InChI is InChI=1S/C20H32O5/c1-11-5-8-15(22)18(2,3)17(24)14(21)9-20-10-19(4,25)13(16(20)23)7-6-12(11)20/h5,12-16,21-23,25H,6-10H2,1-4H3/t12-,13+,14+,15-,16+,19+,20-/m0/s1.